The normalized spacial score (nSPS) is 10.9. The maximum absolute atomic E-state index is 13.6. The summed E-state index contributed by atoms with van der Waals surface area (Å²) in [5.74, 6) is -1.13. The van der Waals surface area contributed by atoms with E-state index in [0.717, 1.165) is 0 Å². The van der Waals surface area contributed by atoms with Gasteiger partial charge in [0.2, 0.25) is 0 Å². The second-order valence-corrected chi connectivity index (χ2v) is 5.44. The number of amides is 1. The molecule has 100 valence electrons. The number of aromatic nitrogens is 1. The van der Waals surface area contributed by atoms with E-state index in [4.69, 9.17) is 5.26 Å². The van der Waals surface area contributed by atoms with Crippen LogP contribution in [0.1, 0.15) is 5.56 Å². The number of carbonyl (C=O) groups excluding carboxylic acids is 1. The molecule has 4 nitrogen and oxygen atoms in total. The third-order valence-corrected chi connectivity index (χ3v) is 3.46. The van der Waals surface area contributed by atoms with E-state index in [1.54, 1.807) is 11.4 Å². The zero-order valence-corrected chi connectivity index (χ0v) is 12.3. The van der Waals surface area contributed by atoms with E-state index in [0.29, 0.717) is 9.60 Å². The fourth-order valence-corrected chi connectivity index (χ4v) is 2.28. The first kappa shape index (κ1) is 14.4. The summed E-state index contributed by atoms with van der Waals surface area (Å²) in [5, 5.41) is 13.6. The molecular formula is C13H7BrFN3OS. The molecule has 1 aromatic heterocycles. The predicted octanol–water partition coefficient (Wildman–Crippen LogP) is 3.59. The molecule has 0 spiro atoms. The van der Waals surface area contributed by atoms with Crippen LogP contribution in [-0.4, -0.2) is 10.9 Å². The van der Waals surface area contributed by atoms with Crippen LogP contribution < -0.4 is 5.32 Å². The van der Waals surface area contributed by atoms with E-state index in [2.05, 4.69) is 26.2 Å². The van der Waals surface area contributed by atoms with Crippen LogP contribution in [0.3, 0.4) is 0 Å². The van der Waals surface area contributed by atoms with Gasteiger partial charge in [-0.25, -0.2) is 9.37 Å². The molecule has 0 aliphatic rings. The molecule has 2 rings (SSSR count). The van der Waals surface area contributed by atoms with Crippen LogP contribution in [0, 0.1) is 17.1 Å². The van der Waals surface area contributed by atoms with Crippen molar-refractivity contribution in [2.24, 2.45) is 0 Å². The second-order valence-electron chi connectivity index (χ2n) is 3.63. The Morgan fingerprint density at radius 2 is 2.35 bits per heavy atom. The van der Waals surface area contributed by atoms with Crippen LogP contribution in [0.25, 0.3) is 6.08 Å². The van der Waals surface area contributed by atoms with E-state index < -0.39 is 11.7 Å². The second kappa shape index (κ2) is 6.41. The van der Waals surface area contributed by atoms with Crippen molar-refractivity contribution >= 4 is 44.4 Å². The molecule has 2 aromatic rings. The number of nitriles is 1. The van der Waals surface area contributed by atoms with Crippen LogP contribution in [0.4, 0.5) is 9.52 Å². The molecule has 1 amide bonds. The van der Waals surface area contributed by atoms with Crippen molar-refractivity contribution in [3.63, 3.8) is 0 Å². The molecule has 20 heavy (non-hydrogen) atoms. The average molecular weight is 352 g/mol. The van der Waals surface area contributed by atoms with E-state index >= 15 is 0 Å². The van der Waals surface area contributed by atoms with Gasteiger partial charge in [-0.15, -0.1) is 11.3 Å². The number of hydrogen-bond acceptors (Lipinski definition) is 4. The zero-order chi connectivity index (χ0) is 14.5. The number of benzene rings is 1. The van der Waals surface area contributed by atoms with Crippen molar-refractivity contribution in [1.29, 1.82) is 5.26 Å². The molecule has 0 unspecified atom stereocenters. The number of thiazole rings is 1. The van der Waals surface area contributed by atoms with Gasteiger partial charge < -0.3 is 0 Å². The third-order valence-electron chi connectivity index (χ3n) is 2.28. The van der Waals surface area contributed by atoms with Gasteiger partial charge >= 0.3 is 0 Å². The highest BCUT2D eigenvalue weighted by atomic mass is 79.9. The largest absolute Gasteiger partial charge is 0.297 e. The van der Waals surface area contributed by atoms with Crippen LogP contribution in [0.2, 0.25) is 0 Å². The summed E-state index contributed by atoms with van der Waals surface area (Å²) in [6, 6.07) is 6.03. The molecule has 7 heteroatoms. The number of halogens is 2. The van der Waals surface area contributed by atoms with Gasteiger partial charge in [-0.3, -0.25) is 10.1 Å². The Morgan fingerprint density at radius 3 is 3.00 bits per heavy atom. The summed E-state index contributed by atoms with van der Waals surface area (Å²) in [6.07, 6.45) is 2.73. The fraction of sp³-hybridized carbons (Fsp3) is 0. The van der Waals surface area contributed by atoms with Crippen molar-refractivity contribution in [3.05, 3.63) is 51.2 Å². The van der Waals surface area contributed by atoms with Crippen LogP contribution in [0.5, 0.6) is 0 Å². The number of hydrogen-bond donors (Lipinski definition) is 1. The fourth-order valence-electron chi connectivity index (χ4n) is 1.38. The minimum absolute atomic E-state index is 0.158. The van der Waals surface area contributed by atoms with E-state index in [-0.39, 0.29) is 11.1 Å². The zero-order valence-electron chi connectivity index (χ0n) is 9.93. The van der Waals surface area contributed by atoms with E-state index in [1.807, 2.05) is 0 Å². The molecule has 0 saturated heterocycles. The van der Waals surface area contributed by atoms with Crippen molar-refractivity contribution in [3.8, 4) is 6.07 Å². The summed E-state index contributed by atoms with van der Waals surface area (Å²) in [4.78, 5) is 15.8. The number of nitrogens with one attached hydrogen (secondary N) is 1. The van der Waals surface area contributed by atoms with Gasteiger partial charge in [-0.2, -0.15) is 5.26 Å². The molecule has 1 aromatic carbocycles. The van der Waals surface area contributed by atoms with Gasteiger partial charge in [0.05, 0.1) is 0 Å². The van der Waals surface area contributed by atoms with Gasteiger partial charge in [0.25, 0.3) is 5.91 Å². The summed E-state index contributed by atoms with van der Waals surface area (Å²) in [5.41, 5.74) is -0.0394. The lowest BCUT2D eigenvalue weighted by Gasteiger charge is -2.01. The van der Waals surface area contributed by atoms with Crippen molar-refractivity contribution in [2.45, 2.75) is 0 Å². The van der Waals surface area contributed by atoms with Crippen LogP contribution >= 0.6 is 27.3 Å². The van der Waals surface area contributed by atoms with Gasteiger partial charge in [0.15, 0.2) is 5.13 Å². The quantitative estimate of drug-likeness (QED) is 0.678. The topological polar surface area (TPSA) is 65.8 Å². The van der Waals surface area contributed by atoms with Gasteiger partial charge in [0, 0.05) is 21.6 Å². The Kier molecular flexibility index (Phi) is 4.61. The molecule has 0 aliphatic heterocycles. The first-order chi connectivity index (χ1) is 9.60. The van der Waals surface area contributed by atoms with Crippen molar-refractivity contribution < 1.29 is 9.18 Å². The molecule has 0 fully saturated rings. The number of nitrogens with zero attached hydrogens (tertiary/aromatic N) is 2. The van der Waals surface area contributed by atoms with Crippen LogP contribution in [0.15, 0.2) is 39.8 Å². The molecular weight excluding hydrogens is 345 g/mol. The maximum atomic E-state index is 13.6. The van der Waals surface area contributed by atoms with Crippen LogP contribution in [-0.2, 0) is 4.79 Å². The summed E-state index contributed by atoms with van der Waals surface area (Å²) in [6.45, 7) is 0. The van der Waals surface area contributed by atoms with Crippen molar-refractivity contribution in [2.75, 3.05) is 5.32 Å². The Labute approximate surface area is 126 Å². The SMILES string of the molecule is N#C/C(=C\c1cc(Br)ccc1F)C(=O)Nc1nccs1. The first-order valence-electron chi connectivity index (χ1n) is 5.38. The smallest absolute Gasteiger partial charge is 0.268 e. The number of rotatable bonds is 3. The van der Waals surface area contributed by atoms with Gasteiger partial charge in [-0.05, 0) is 24.3 Å². The molecule has 0 bridgehead atoms. The minimum Gasteiger partial charge on any atom is -0.297 e. The molecule has 0 saturated carbocycles. The first-order valence-corrected chi connectivity index (χ1v) is 7.05. The standard InChI is InChI=1S/C13H7BrFN3OS/c14-10-1-2-11(15)8(6-10)5-9(7-16)12(19)18-13-17-3-4-20-13/h1-6H,(H,17,18,19)/b9-5+. The maximum Gasteiger partial charge on any atom is 0.268 e. The number of carbonyl (C=O) groups is 1. The molecule has 0 atom stereocenters. The molecule has 1 N–H and O–H groups in total. The Morgan fingerprint density at radius 1 is 1.55 bits per heavy atom. The molecule has 0 radical (unpaired) electrons. The monoisotopic (exact) mass is 351 g/mol. The summed E-state index contributed by atoms with van der Waals surface area (Å²) < 4.78 is 14.2. The highest BCUT2D eigenvalue weighted by molar-refractivity contribution is 9.10. The number of anilines is 1. The average Bonchev–Trinajstić information content (AvgIpc) is 2.92. The Balaban J connectivity index is 2.27. The van der Waals surface area contributed by atoms with Gasteiger partial charge in [-0.1, -0.05) is 15.9 Å². The highest BCUT2D eigenvalue weighted by Gasteiger charge is 2.12. The van der Waals surface area contributed by atoms with Crippen molar-refractivity contribution in [1.82, 2.24) is 4.98 Å². The predicted molar refractivity (Wildman–Crippen MR) is 78.4 cm³/mol. The highest BCUT2D eigenvalue weighted by Crippen LogP contribution is 2.19. The van der Waals surface area contributed by atoms with Gasteiger partial charge in [0.1, 0.15) is 17.5 Å². The minimum atomic E-state index is -0.623. The Bertz CT molecular complexity index is 707. The Hall–Kier alpha value is -2.04. The summed E-state index contributed by atoms with van der Waals surface area (Å²) >= 11 is 4.44. The summed E-state index contributed by atoms with van der Waals surface area (Å²) in [7, 11) is 0. The molecule has 0 aliphatic carbocycles. The third kappa shape index (κ3) is 3.50. The lowest BCUT2D eigenvalue weighted by atomic mass is 10.1. The lowest BCUT2D eigenvalue weighted by molar-refractivity contribution is -0.112. The molecule has 1 heterocycles. The van der Waals surface area contributed by atoms with E-state index in [9.17, 15) is 9.18 Å². The lowest BCUT2D eigenvalue weighted by Crippen LogP contribution is -2.13. The van der Waals surface area contributed by atoms with E-state index in [1.165, 1.54) is 41.8 Å².